The van der Waals surface area contributed by atoms with Gasteiger partial charge in [0.25, 0.3) is 0 Å². The van der Waals surface area contributed by atoms with E-state index in [4.69, 9.17) is 5.11 Å². The van der Waals surface area contributed by atoms with Crippen LogP contribution in [0.5, 0.6) is 0 Å². The fourth-order valence-corrected chi connectivity index (χ4v) is 1.87. The number of carboxylic acids is 1. The van der Waals surface area contributed by atoms with Crippen LogP contribution in [0.1, 0.15) is 22.8 Å². The molecule has 1 aromatic rings. The summed E-state index contributed by atoms with van der Waals surface area (Å²) in [7, 11) is 0. The zero-order valence-corrected chi connectivity index (χ0v) is 8.52. The van der Waals surface area contributed by atoms with Gasteiger partial charge in [0.15, 0.2) is 0 Å². The smallest absolute Gasteiger partial charge is 0.336 e. The van der Waals surface area contributed by atoms with Crippen LogP contribution in [0.15, 0.2) is 23.1 Å². The molecule has 3 heteroatoms. The third kappa shape index (κ3) is 2.49. The summed E-state index contributed by atoms with van der Waals surface area (Å²) in [4.78, 5) is 11.7. The quantitative estimate of drug-likeness (QED) is 0.755. The van der Waals surface area contributed by atoms with Gasteiger partial charge in [-0.3, -0.25) is 0 Å². The highest BCUT2D eigenvalue weighted by atomic mass is 32.2. The van der Waals surface area contributed by atoms with Crippen molar-refractivity contribution in [3.63, 3.8) is 0 Å². The Kier molecular flexibility index (Phi) is 3.37. The SMILES string of the molecule is CCSc1ccc(C)cc1C(=O)O. The summed E-state index contributed by atoms with van der Waals surface area (Å²) in [6.45, 7) is 3.91. The lowest BCUT2D eigenvalue weighted by Gasteiger charge is -2.04. The van der Waals surface area contributed by atoms with Crippen molar-refractivity contribution in [2.45, 2.75) is 18.7 Å². The summed E-state index contributed by atoms with van der Waals surface area (Å²) in [5.41, 5.74) is 1.39. The zero-order valence-electron chi connectivity index (χ0n) is 7.70. The Balaban J connectivity index is 3.10. The van der Waals surface area contributed by atoms with Crippen LogP contribution in [0, 0.1) is 6.92 Å². The summed E-state index contributed by atoms with van der Waals surface area (Å²) in [5.74, 6) is 0.0447. The first-order valence-corrected chi connectivity index (χ1v) is 5.10. The minimum absolute atomic E-state index is 0.409. The molecule has 0 atom stereocenters. The molecule has 0 aliphatic rings. The van der Waals surface area contributed by atoms with E-state index in [9.17, 15) is 4.79 Å². The van der Waals surface area contributed by atoms with Crippen LogP contribution in [0.25, 0.3) is 0 Å². The molecule has 0 saturated heterocycles. The molecule has 0 spiro atoms. The number of benzene rings is 1. The normalized spacial score (nSPS) is 10.0. The molecule has 0 aliphatic carbocycles. The van der Waals surface area contributed by atoms with Crippen molar-refractivity contribution >= 4 is 17.7 Å². The van der Waals surface area contributed by atoms with Gasteiger partial charge in [0, 0.05) is 4.90 Å². The number of thioether (sulfide) groups is 1. The maximum Gasteiger partial charge on any atom is 0.336 e. The molecular weight excluding hydrogens is 184 g/mol. The van der Waals surface area contributed by atoms with Crippen molar-refractivity contribution in [1.82, 2.24) is 0 Å². The van der Waals surface area contributed by atoms with E-state index < -0.39 is 5.97 Å². The van der Waals surface area contributed by atoms with Crippen LogP contribution < -0.4 is 0 Å². The van der Waals surface area contributed by atoms with E-state index in [1.165, 1.54) is 0 Å². The fourth-order valence-electron chi connectivity index (χ4n) is 1.09. The second kappa shape index (κ2) is 4.33. The highest BCUT2D eigenvalue weighted by molar-refractivity contribution is 7.99. The lowest BCUT2D eigenvalue weighted by molar-refractivity contribution is 0.0693. The van der Waals surface area contributed by atoms with Crippen molar-refractivity contribution < 1.29 is 9.90 Å². The number of aryl methyl sites for hydroxylation is 1. The highest BCUT2D eigenvalue weighted by Gasteiger charge is 2.09. The summed E-state index contributed by atoms with van der Waals surface area (Å²) in [6.07, 6.45) is 0. The first kappa shape index (κ1) is 10.1. The van der Waals surface area contributed by atoms with E-state index in [0.717, 1.165) is 16.2 Å². The van der Waals surface area contributed by atoms with E-state index in [1.54, 1.807) is 17.8 Å². The molecule has 0 radical (unpaired) electrons. The molecule has 1 aromatic carbocycles. The van der Waals surface area contributed by atoms with Gasteiger partial charge in [0.05, 0.1) is 5.56 Å². The van der Waals surface area contributed by atoms with Gasteiger partial charge in [0.1, 0.15) is 0 Å². The number of aromatic carboxylic acids is 1. The van der Waals surface area contributed by atoms with E-state index in [1.807, 2.05) is 26.0 Å². The van der Waals surface area contributed by atoms with Crippen LogP contribution in [-0.2, 0) is 0 Å². The maximum absolute atomic E-state index is 10.8. The van der Waals surface area contributed by atoms with Gasteiger partial charge < -0.3 is 5.11 Å². The molecule has 0 heterocycles. The monoisotopic (exact) mass is 196 g/mol. The van der Waals surface area contributed by atoms with Gasteiger partial charge in [-0.1, -0.05) is 18.6 Å². The Labute approximate surface area is 82.0 Å². The average molecular weight is 196 g/mol. The molecule has 0 aromatic heterocycles. The van der Waals surface area contributed by atoms with Gasteiger partial charge in [-0.25, -0.2) is 4.79 Å². The second-order valence-electron chi connectivity index (χ2n) is 2.74. The first-order valence-electron chi connectivity index (χ1n) is 4.12. The minimum atomic E-state index is -0.848. The van der Waals surface area contributed by atoms with Crippen LogP contribution >= 0.6 is 11.8 Å². The molecule has 2 nitrogen and oxygen atoms in total. The number of carboxylic acid groups (broad SMARTS) is 1. The highest BCUT2D eigenvalue weighted by Crippen LogP contribution is 2.23. The largest absolute Gasteiger partial charge is 0.478 e. The molecule has 1 rings (SSSR count). The molecule has 0 fully saturated rings. The number of rotatable bonds is 3. The lowest BCUT2D eigenvalue weighted by atomic mass is 10.1. The molecule has 0 saturated carbocycles. The van der Waals surface area contributed by atoms with Gasteiger partial charge in [0.2, 0.25) is 0 Å². The Hall–Kier alpha value is -0.960. The molecule has 1 N–H and O–H groups in total. The minimum Gasteiger partial charge on any atom is -0.478 e. The van der Waals surface area contributed by atoms with Gasteiger partial charge in [-0.15, -0.1) is 11.8 Å². The molecule has 0 bridgehead atoms. The van der Waals surface area contributed by atoms with Crippen molar-refractivity contribution in [3.8, 4) is 0 Å². The van der Waals surface area contributed by atoms with Gasteiger partial charge in [-0.05, 0) is 24.8 Å². The molecule has 0 unspecified atom stereocenters. The maximum atomic E-state index is 10.8. The summed E-state index contributed by atoms with van der Waals surface area (Å²) < 4.78 is 0. The molecule has 70 valence electrons. The predicted octanol–water partition coefficient (Wildman–Crippen LogP) is 2.81. The zero-order chi connectivity index (χ0) is 9.84. The van der Waals surface area contributed by atoms with Gasteiger partial charge in [-0.2, -0.15) is 0 Å². The number of carbonyl (C=O) groups is 1. The number of hydrogen-bond donors (Lipinski definition) is 1. The third-order valence-corrected chi connectivity index (χ3v) is 2.62. The average Bonchev–Trinajstić information content (AvgIpc) is 2.08. The first-order chi connectivity index (χ1) is 6.15. The van der Waals surface area contributed by atoms with Crippen molar-refractivity contribution in [1.29, 1.82) is 0 Å². The Morgan fingerprint density at radius 3 is 2.77 bits per heavy atom. The Morgan fingerprint density at radius 2 is 2.23 bits per heavy atom. The third-order valence-electron chi connectivity index (χ3n) is 1.67. The Morgan fingerprint density at radius 1 is 1.54 bits per heavy atom. The second-order valence-corrected chi connectivity index (χ2v) is 4.04. The molecule has 0 amide bonds. The van der Waals surface area contributed by atoms with E-state index in [0.29, 0.717) is 5.56 Å². The van der Waals surface area contributed by atoms with E-state index >= 15 is 0 Å². The van der Waals surface area contributed by atoms with Crippen LogP contribution in [0.4, 0.5) is 0 Å². The molecular formula is C10H12O2S. The topological polar surface area (TPSA) is 37.3 Å². The van der Waals surface area contributed by atoms with E-state index in [-0.39, 0.29) is 0 Å². The molecule has 0 aliphatic heterocycles. The standard InChI is InChI=1S/C10H12O2S/c1-3-13-9-5-4-7(2)6-8(9)10(11)12/h4-6H,3H2,1-2H3,(H,11,12). The van der Waals surface area contributed by atoms with Crippen LogP contribution in [-0.4, -0.2) is 16.8 Å². The van der Waals surface area contributed by atoms with Crippen molar-refractivity contribution in [3.05, 3.63) is 29.3 Å². The predicted molar refractivity (Wildman–Crippen MR) is 54.5 cm³/mol. The molecule has 13 heavy (non-hydrogen) atoms. The number of hydrogen-bond acceptors (Lipinski definition) is 2. The summed E-state index contributed by atoms with van der Waals surface area (Å²) in [6, 6.07) is 5.51. The van der Waals surface area contributed by atoms with Crippen LogP contribution in [0.2, 0.25) is 0 Å². The van der Waals surface area contributed by atoms with Crippen molar-refractivity contribution in [2.75, 3.05) is 5.75 Å². The van der Waals surface area contributed by atoms with Crippen molar-refractivity contribution in [2.24, 2.45) is 0 Å². The Bertz CT molecular complexity index is 321. The lowest BCUT2D eigenvalue weighted by Crippen LogP contribution is -1.99. The van der Waals surface area contributed by atoms with Gasteiger partial charge >= 0.3 is 5.97 Å². The van der Waals surface area contributed by atoms with Crippen LogP contribution in [0.3, 0.4) is 0 Å². The fraction of sp³-hybridized carbons (Fsp3) is 0.300. The van der Waals surface area contributed by atoms with E-state index in [2.05, 4.69) is 0 Å². The summed E-state index contributed by atoms with van der Waals surface area (Å²) >= 11 is 1.56. The summed E-state index contributed by atoms with van der Waals surface area (Å²) in [5, 5.41) is 8.90.